The topological polar surface area (TPSA) is 46.4 Å². The Morgan fingerprint density at radius 2 is 1.23 bits per heavy atom. The van der Waals surface area contributed by atoms with E-state index in [0.29, 0.717) is 34.3 Å². The highest BCUT2D eigenvalue weighted by Gasteiger charge is 2.34. The van der Waals surface area contributed by atoms with Crippen molar-refractivity contribution in [2.24, 2.45) is 0 Å². The zero-order valence-electron chi connectivity index (χ0n) is 44.8. The van der Waals surface area contributed by atoms with E-state index in [1.807, 2.05) is 91.4 Å². The average molecular weight is 806 g/mol. The molecule has 61 heavy (non-hydrogen) atoms. The lowest BCUT2D eigenvalue weighted by atomic mass is 9.82. The molecule has 6 aromatic carbocycles. The number of anilines is 4. The van der Waals surface area contributed by atoms with E-state index in [0.717, 1.165) is 33.2 Å². The Bertz CT molecular complexity index is 3520. The average Bonchev–Trinajstić information content (AvgIpc) is 3.89. The molecule has 1 aliphatic rings. The summed E-state index contributed by atoms with van der Waals surface area (Å²) < 4.78 is 97.5. The molecule has 6 heteroatoms. The Hall–Kier alpha value is -7.18. The Balaban J connectivity index is 1.13. The molecule has 0 aliphatic carbocycles. The number of nitrogens with zero attached hydrogens (tertiary/aromatic N) is 5. The van der Waals surface area contributed by atoms with Crippen LogP contribution in [0.2, 0.25) is 0 Å². The molecule has 0 amide bonds. The Morgan fingerprint density at radius 1 is 0.557 bits per heavy atom. The molecule has 0 bridgehead atoms. The van der Waals surface area contributed by atoms with Gasteiger partial charge in [-0.1, -0.05) is 126 Å². The summed E-state index contributed by atoms with van der Waals surface area (Å²) in [6, 6.07) is 28.2. The van der Waals surface area contributed by atoms with Crippen LogP contribution in [-0.2, 0) is 10.8 Å². The van der Waals surface area contributed by atoms with Crippen molar-refractivity contribution in [3.05, 3.63) is 187 Å². The van der Waals surface area contributed by atoms with Gasteiger partial charge in [-0.2, -0.15) is 0 Å². The highest BCUT2D eigenvalue weighted by molar-refractivity contribution is 6.09. The van der Waals surface area contributed by atoms with Crippen LogP contribution in [0.5, 0.6) is 11.5 Å². The van der Waals surface area contributed by atoms with Crippen molar-refractivity contribution >= 4 is 44.7 Å². The standard InChI is InChI=1S/C55H49N5O/c1-54(2,3)39-28-30-56-51(33-39)60-48-24-14-13-23-44(48)45-27-26-43(35-50(45)60)61-42-22-15-21-41(34-42)58-36-59(53-49(58)25-16-29-57-53)52-46(37-17-9-7-10-18-37)31-40(55(4,5)6)32-47(52)38-19-11-8-12-20-38/h7-35H,36H2,1-6H3/i7D,8D,9D,10D,11D,12D,17D,18D,19D,20D. The number of aromatic nitrogens is 3. The SMILES string of the molecule is [2H]c1c([2H])c([2H])c(-c2cc(C(C)(C)C)cc(-c3c([2H])c([2H])c([2H])c([2H])c3[2H])c2N2CN(c3cccc(Oc4ccc5c6ccccc6n(-c6cc(C(C)(C)C)ccn6)c5c4)c3)c3cccnc32)c([2H])c1[2H]. The third-order valence-electron chi connectivity index (χ3n) is 11.2. The lowest BCUT2D eigenvalue weighted by Crippen LogP contribution is -2.25. The predicted octanol–water partition coefficient (Wildman–Crippen LogP) is 14.5. The van der Waals surface area contributed by atoms with Gasteiger partial charge in [-0.3, -0.25) is 4.57 Å². The minimum absolute atomic E-state index is 0.0503. The van der Waals surface area contributed by atoms with E-state index in [9.17, 15) is 5.48 Å². The van der Waals surface area contributed by atoms with Crippen LogP contribution in [0.25, 0.3) is 49.9 Å². The lowest BCUT2D eigenvalue weighted by molar-refractivity contribution is 0.483. The third-order valence-corrected chi connectivity index (χ3v) is 11.2. The van der Waals surface area contributed by atoms with E-state index in [-0.39, 0.29) is 40.0 Å². The lowest BCUT2D eigenvalue weighted by Gasteiger charge is -2.29. The van der Waals surface area contributed by atoms with Crippen LogP contribution in [0.15, 0.2) is 176 Å². The maximum Gasteiger partial charge on any atom is 0.158 e. The van der Waals surface area contributed by atoms with Gasteiger partial charge in [0.25, 0.3) is 0 Å². The van der Waals surface area contributed by atoms with Gasteiger partial charge in [0.1, 0.15) is 24.0 Å². The molecule has 10 rings (SSSR count). The highest BCUT2D eigenvalue weighted by atomic mass is 16.5. The minimum Gasteiger partial charge on any atom is -0.457 e. The molecule has 0 saturated carbocycles. The summed E-state index contributed by atoms with van der Waals surface area (Å²) in [5.74, 6) is 2.36. The van der Waals surface area contributed by atoms with Crippen molar-refractivity contribution < 1.29 is 18.4 Å². The maximum absolute atomic E-state index is 9.22. The fraction of sp³-hybridized carbons (Fsp3) is 0.164. The molecule has 6 nitrogen and oxygen atoms in total. The first-order valence-corrected chi connectivity index (χ1v) is 20.3. The van der Waals surface area contributed by atoms with Gasteiger partial charge in [0, 0.05) is 52.1 Å². The Morgan fingerprint density at radius 3 is 1.93 bits per heavy atom. The van der Waals surface area contributed by atoms with Crippen molar-refractivity contribution in [3.8, 4) is 39.6 Å². The number of hydrogen-bond acceptors (Lipinski definition) is 5. The van der Waals surface area contributed by atoms with Crippen LogP contribution >= 0.6 is 0 Å². The number of para-hydroxylation sites is 1. The van der Waals surface area contributed by atoms with Crippen LogP contribution in [0, 0.1) is 0 Å². The predicted molar refractivity (Wildman–Crippen MR) is 253 cm³/mol. The number of benzene rings is 6. The molecule has 9 aromatic rings. The van der Waals surface area contributed by atoms with E-state index in [1.54, 1.807) is 24.4 Å². The quantitative estimate of drug-likeness (QED) is 0.161. The number of ether oxygens (including phenoxy) is 1. The first-order chi connectivity index (χ1) is 33.6. The summed E-state index contributed by atoms with van der Waals surface area (Å²) >= 11 is 0. The second-order valence-corrected chi connectivity index (χ2v) is 17.3. The fourth-order valence-electron chi connectivity index (χ4n) is 8.12. The van der Waals surface area contributed by atoms with Crippen LogP contribution in [0.3, 0.4) is 0 Å². The molecule has 300 valence electrons. The highest BCUT2D eigenvalue weighted by Crippen LogP contribution is 2.51. The zero-order valence-corrected chi connectivity index (χ0v) is 34.8. The summed E-state index contributed by atoms with van der Waals surface area (Å²) in [5, 5.41) is 2.13. The van der Waals surface area contributed by atoms with Crippen LogP contribution in [0.1, 0.15) is 66.4 Å². The molecular weight excluding hydrogens is 747 g/mol. The van der Waals surface area contributed by atoms with Gasteiger partial charge in [0.2, 0.25) is 0 Å². The maximum atomic E-state index is 9.22. The molecule has 1 aliphatic heterocycles. The smallest absolute Gasteiger partial charge is 0.158 e. The third kappa shape index (κ3) is 6.98. The molecule has 0 N–H and O–H groups in total. The molecule has 0 unspecified atom stereocenters. The fourth-order valence-corrected chi connectivity index (χ4v) is 8.12. The number of pyridine rings is 2. The largest absolute Gasteiger partial charge is 0.457 e. The monoisotopic (exact) mass is 805 g/mol. The summed E-state index contributed by atoms with van der Waals surface area (Å²) in [4.78, 5) is 13.5. The number of fused-ring (bicyclic) bond motifs is 4. The second kappa shape index (κ2) is 14.8. The van der Waals surface area contributed by atoms with Crippen molar-refractivity contribution in [1.82, 2.24) is 14.5 Å². The van der Waals surface area contributed by atoms with Gasteiger partial charge in [-0.05, 0) is 99.8 Å². The van der Waals surface area contributed by atoms with Crippen molar-refractivity contribution in [1.29, 1.82) is 0 Å². The van der Waals surface area contributed by atoms with Crippen molar-refractivity contribution in [2.75, 3.05) is 16.5 Å². The van der Waals surface area contributed by atoms with Crippen LogP contribution in [0.4, 0.5) is 22.9 Å². The van der Waals surface area contributed by atoms with Crippen molar-refractivity contribution in [3.63, 3.8) is 0 Å². The molecule has 0 radical (unpaired) electrons. The molecule has 3 aromatic heterocycles. The normalized spacial score (nSPS) is 15.2. The van der Waals surface area contributed by atoms with E-state index in [2.05, 4.69) is 55.7 Å². The van der Waals surface area contributed by atoms with E-state index >= 15 is 0 Å². The van der Waals surface area contributed by atoms with E-state index in [4.69, 9.17) is 22.9 Å². The first-order valence-electron chi connectivity index (χ1n) is 25.3. The zero-order chi connectivity index (χ0) is 50.6. The summed E-state index contributed by atoms with van der Waals surface area (Å²) in [7, 11) is 0. The summed E-state index contributed by atoms with van der Waals surface area (Å²) in [6.45, 7) is 12.4. The van der Waals surface area contributed by atoms with Gasteiger partial charge in [0.15, 0.2) is 5.82 Å². The first kappa shape index (κ1) is 28.3. The second-order valence-electron chi connectivity index (χ2n) is 17.3. The molecule has 0 spiro atoms. The Kier molecular flexibility index (Phi) is 6.88. The minimum atomic E-state index is -0.619. The van der Waals surface area contributed by atoms with Crippen LogP contribution < -0.4 is 14.5 Å². The molecule has 0 fully saturated rings. The van der Waals surface area contributed by atoms with Gasteiger partial charge < -0.3 is 14.5 Å². The number of rotatable bonds is 7. The molecule has 0 saturated heterocycles. The number of hydrogen-bond donors (Lipinski definition) is 0. The molecular formula is C55H49N5O. The Labute approximate surface area is 372 Å². The summed E-state index contributed by atoms with van der Waals surface area (Å²) in [6.07, 6.45) is 3.47. The molecule has 4 heterocycles. The van der Waals surface area contributed by atoms with E-state index in [1.165, 1.54) is 0 Å². The van der Waals surface area contributed by atoms with Gasteiger partial charge in [-0.15, -0.1) is 0 Å². The van der Waals surface area contributed by atoms with E-state index < -0.39 is 65.8 Å². The van der Waals surface area contributed by atoms with Crippen LogP contribution in [-0.4, -0.2) is 21.2 Å². The molecule has 0 atom stereocenters. The van der Waals surface area contributed by atoms with Gasteiger partial charge >= 0.3 is 0 Å². The van der Waals surface area contributed by atoms with Gasteiger partial charge in [-0.25, -0.2) is 9.97 Å². The van der Waals surface area contributed by atoms with Gasteiger partial charge in [0.05, 0.1) is 36.1 Å². The summed E-state index contributed by atoms with van der Waals surface area (Å²) in [5.41, 5.74) is 4.84. The van der Waals surface area contributed by atoms with Crippen molar-refractivity contribution in [2.45, 2.75) is 52.4 Å².